The molecule has 0 aliphatic carbocycles. The van der Waals surface area contributed by atoms with Gasteiger partial charge in [-0.05, 0) is 13.0 Å². The molecule has 0 radical (unpaired) electrons. The fourth-order valence-corrected chi connectivity index (χ4v) is 2.80. The molecule has 1 amide bonds. The monoisotopic (exact) mass is 357 g/mol. The molecule has 9 nitrogen and oxygen atoms in total. The van der Waals surface area contributed by atoms with E-state index in [2.05, 4.69) is 20.0 Å². The molecule has 0 unspecified atom stereocenters. The van der Waals surface area contributed by atoms with E-state index >= 15 is 0 Å². The summed E-state index contributed by atoms with van der Waals surface area (Å²) in [6.45, 7) is 4.35. The van der Waals surface area contributed by atoms with Crippen molar-refractivity contribution in [1.82, 2.24) is 24.6 Å². The minimum Gasteiger partial charge on any atom is -0.363 e. The minimum atomic E-state index is -0.236. The van der Waals surface area contributed by atoms with Gasteiger partial charge in [-0.25, -0.2) is 9.67 Å². The molecule has 0 aromatic carbocycles. The van der Waals surface area contributed by atoms with Gasteiger partial charge in [0.05, 0.1) is 0 Å². The molecular weight excluding hydrogens is 334 g/mol. The first kappa shape index (κ1) is 17.8. The number of hydrogen-bond acceptors (Lipinski definition) is 7. The van der Waals surface area contributed by atoms with Crippen LogP contribution < -0.4 is 15.4 Å². The highest BCUT2D eigenvalue weighted by atomic mass is 16.2. The Kier molecular flexibility index (Phi) is 4.88. The van der Waals surface area contributed by atoms with E-state index in [0.717, 1.165) is 11.5 Å². The summed E-state index contributed by atoms with van der Waals surface area (Å²) in [6.07, 6.45) is 0. The van der Waals surface area contributed by atoms with Gasteiger partial charge in [-0.3, -0.25) is 9.59 Å². The zero-order chi connectivity index (χ0) is 18.8. The SMILES string of the molecule is Cc1cc(N(C)C)nc(N2CCN(C(=O)c3ccc(=O)n(C)n3)CC2)n1. The Morgan fingerprint density at radius 3 is 2.42 bits per heavy atom. The molecule has 1 saturated heterocycles. The number of amides is 1. The maximum Gasteiger partial charge on any atom is 0.274 e. The van der Waals surface area contributed by atoms with Gasteiger partial charge in [-0.1, -0.05) is 0 Å². The first-order valence-corrected chi connectivity index (χ1v) is 8.47. The Labute approximate surface area is 151 Å². The first-order chi connectivity index (χ1) is 12.3. The van der Waals surface area contributed by atoms with Gasteiger partial charge < -0.3 is 14.7 Å². The summed E-state index contributed by atoms with van der Waals surface area (Å²) in [4.78, 5) is 38.9. The summed E-state index contributed by atoms with van der Waals surface area (Å²) >= 11 is 0. The minimum absolute atomic E-state index is 0.167. The Balaban J connectivity index is 1.70. The average molecular weight is 357 g/mol. The first-order valence-electron chi connectivity index (χ1n) is 8.47. The van der Waals surface area contributed by atoms with Crippen LogP contribution in [0.4, 0.5) is 11.8 Å². The van der Waals surface area contributed by atoms with Crippen molar-refractivity contribution in [3.63, 3.8) is 0 Å². The fourth-order valence-electron chi connectivity index (χ4n) is 2.80. The lowest BCUT2D eigenvalue weighted by molar-refractivity contribution is 0.0737. The molecule has 1 fully saturated rings. The summed E-state index contributed by atoms with van der Waals surface area (Å²) in [5.41, 5.74) is 0.952. The highest BCUT2D eigenvalue weighted by Gasteiger charge is 2.25. The molecule has 0 atom stereocenters. The van der Waals surface area contributed by atoms with Gasteiger partial charge in [0, 0.05) is 65.1 Å². The Morgan fingerprint density at radius 1 is 1.12 bits per heavy atom. The number of carbonyl (C=O) groups excluding carboxylic acids is 1. The van der Waals surface area contributed by atoms with Crippen LogP contribution in [-0.2, 0) is 7.05 Å². The van der Waals surface area contributed by atoms with Crippen molar-refractivity contribution in [2.24, 2.45) is 7.05 Å². The van der Waals surface area contributed by atoms with Crippen LogP contribution in [0.5, 0.6) is 0 Å². The number of rotatable bonds is 3. The number of hydrogen-bond donors (Lipinski definition) is 0. The summed E-state index contributed by atoms with van der Waals surface area (Å²) < 4.78 is 1.17. The standard InChI is InChI=1S/C17H23N7O2/c1-12-11-14(21(2)3)19-17(18-12)24-9-7-23(8-10-24)16(26)13-5-6-15(25)22(4)20-13/h5-6,11H,7-10H2,1-4H3. The highest BCUT2D eigenvalue weighted by molar-refractivity contribution is 5.92. The van der Waals surface area contributed by atoms with E-state index in [1.807, 2.05) is 32.0 Å². The van der Waals surface area contributed by atoms with Gasteiger partial charge in [0.15, 0.2) is 0 Å². The topological polar surface area (TPSA) is 87.5 Å². The lowest BCUT2D eigenvalue weighted by atomic mass is 10.2. The van der Waals surface area contributed by atoms with Crippen LogP contribution in [0.25, 0.3) is 0 Å². The zero-order valence-corrected chi connectivity index (χ0v) is 15.5. The number of nitrogens with zero attached hydrogens (tertiary/aromatic N) is 7. The molecule has 3 heterocycles. The molecule has 0 bridgehead atoms. The van der Waals surface area contributed by atoms with Crippen LogP contribution in [0.3, 0.4) is 0 Å². The van der Waals surface area contributed by atoms with Crippen LogP contribution >= 0.6 is 0 Å². The molecule has 2 aromatic rings. The molecular formula is C17H23N7O2. The predicted molar refractivity (Wildman–Crippen MR) is 98.7 cm³/mol. The van der Waals surface area contributed by atoms with Crippen molar-refractivity contribution in [3.8, 4) is 0 Å². The molecule has 0 N–H and O–H groups in total. The third-order valence-electron chi connectivity index (χ3n) is 4.32. The van der Waals surface area contributed by atoms with E-state index < -0.39 is 0 Å². The summed E-state index contributed by atoms with van der Waals surface area (Å²) in [6, 6.07) is 4.78. The van der Waals surface area contributed by atoms with Gasteiger partial charge in [-0.2, -0.15) is 10.1 Å². The molecule has 2 aromatic heterocycles. The van der Waals surface area contributed by atoms with Crippen LogP contribution in [0.15, 0.2) is 23.0 Å². The van der Waals surface area contributed by atoms with Crippen molar-refractivity contribution >= 4 is 17.7 Å². The van der Waals surface area contributed by atoms with Crippen molar-refractivity contribution in [3.05, 3.63) is 39.9 Å². The molecule has 9 heteroatoms. The molecule has 138 valence electrons. The number of piperazine rings is 1. The second-order valence-electron chi connectivity index (χ2n) is 6.52. The van der Waals surface area contributed by atoms with Gasteiger partial charge in [0.1, 0.15) is 11.5 Å². The number of aryl methyl sites for hydroxylation is 2. The zero-order valence-electron chi connectivity index (χ0n) is 15.5. The molecule has 3 rings (SSSR count). The highest BCUT2D eigenvalue weighted by Crippen LogP contribution is 2.17. The third kappa shape index (κ3) is 3.66. The van der Waals surface area contributed by atoms with Crippen molar-refractivity contribution in [2.75, 3.05) is 50.1 Å². The van der Waals surface area contributed by atoms with E-state index in [-0.39, 0.29) is 17.2 Å². The third-order valence-corrected chi connectivity index (χ3v) is 4.32. The lowest BCUT2D eigenvalue weighted by Gasteiger charge is -2.34. The molecule has 1 aliphatic heterocycles. The summed E-state index contributed by atoms with van der Waals surface area (Å²) in [5.74, 6) is 1.38. The van der Waals surface area contributed by atoms with Gasteiger partial charge in [0.25, 0.3) is 11.5 Å². The van der Waals surface area contributed by atoms with Gasteiger partial charge >= 0.3 is 0 Å². The predicted octanol–water partition coefficient (Wildman–Crippen LogP) is -0.0929. The second-order valence-corrected chi connectivity index (χ2v) is 6.52. The number of anilines is 2. The molecule has 0 spiro atoms. The van der Waals surface area contributed by atoms with Crippen molar-refractivity contribution in [2.45, 2.75) is 6.92 Å². The van der Waals surface area contributed by atoms with Gasteiger partial charge in [0.2, 0.25) is 5.95 Å². The summed E-state index contributed by atoms with van der Waals surface area (Å²) in [5, 5.41) is 4.04. The summed E-state index contributed by atoms with van der Waals surface area (Å²) in [7, 11) is 5.43. The average Bonchev–Trinajstić information content (AvgIpc) is 2.63. The Hall–Kier alpha value is -2.97. The second kappa shape index (κ2) is 7.11. The normalized spacial score (nSPS) is 14.5. The Bertz CT molecular complexity index is 870. The van der Waals surface area contributed by atoms with E-state index in [9.17, 15) is 9.59 Å². The molecule has 0 saturated carbocycles. The lowest BCUT2D eigenvalue weighted by Crippen LogP contribution is -2.49. The van der Waals surface area contributed by atoms with Gasteiger partial charge in [-0.15, -0.1) is 0 Å². The number of carbonyl (C=O) groups is 1. The molecule has 26 heavy (non-hydrogen) atoms. The van der Waals surface area contributed by atoms with Crippen molar-refractivity contribution in [1.29, 1.82) is 0 Å². The maximum absolute atomic E-state index is 12.6. The van der Waals surface area contributed by atoms with Crippen LogP contribution in [0.2, 0.25) is 0 Å². The van der Waals surface area contributed by atoms with E-state index in [1.165, 1.54) is 23.9 Å². The Morgan fingerprint density at radius 2 is 1.81 bits per heavy atom. The van der Waals surface area contributed by atoms with Crippen LogP contribution in [-0.4, -0.2) is 70.8 Å². The van der Waals surface area contributed by atoms with E-state index in [1.54, 1.807) is 4.90 Å². The fraction of sp³-hybridized carbons (Fsp3) is 0.471. The smallest absolute Gasteiger partial charge is 0.274 e. The van der Waals surface area contributed by atoms with Crippen molar-refractivity contribution < 1.29 is 4.79 Å². The van der Waals surface area contributed by atoms with E-state index in [0.29, 0.717) is 32.1 Å². The van der Waals surface area contributed by atoms with Crippen LogP contribution in [0, 0.1) is 6.92 Å². The van der Waals surface area contributed by atoms with Crippen LogP contribution in [0.1, 0.15) is 16.2 Å². The largest absolute Gasteiger partial charge is 0.363 e. The van der Waals surface area contributed by atoms with E-state index in [4.69, 9.17) is 0 Å². The maximum atomic E-state index is 12.6. The quantitative estimate of drug-likeness (QED) is 0.758. The number of aromatic nitrogens is 4. The molecule has 1 aliphatic rings.